The number of hydrogen-bond donors (Lipinski definition) is 2. The van der Waals surface area contributed by atoms with E-state index in [4.69, 9.17) is 5.73 Å². The summed E-state index contributed by atoms with van der Waals surface area (Å²) in [5.74, 6) is 0.881. The van der Waals surface area contributed by atoms with E-state index in [-0.39, 0.29) is 11.2 Å². The van der Waals surface area contributed by atoms with E-state index in [1.54, 1.807) is 0 Å². The SMILES string of the molecule is CCCCCNC(=O)C(C)Sc1nnc(CN)n1C1CC1. The minimum atomic E-state index is -0.168. The maximum Gasteiger partial charge on any atom is 0.233 e. The molecule has 1 aliphatic rings. The summed E-state index contributed by atoms with van der Waals surface area (Å²) in [5, 5.41) is 12.0. The molecule has 1 heterocycles. The van der Waals surface area contributed by atoms with Crippen LogP contribution in [0.4, 0.5) is 0 Å². The van der Waals surface area contributed by atoms with Gasteiger partial charge in [-0.25, -0.2) is 0 Å². The molecule has 118 valence electrons. The molecule has 1 saturated carbocycles. The van der Waals surface area contributed by atoms with Gasteiger partial charge in [-0.3, -0.25) is 4.79 Å². The molecule has 1 aromatic rings. The lowest BCUT2D eigenvalue weighted by Crippen LogP contribution is -2.31. The molecule has 1 unspecified atom stereocenters. The second kappa shape index (κ2) is 7.79. The van der Waals surface area contributed by atoms with Crippen molar-refractivity contribution < 1.29 is 4.79 Å². The number of thioether (sulfide) groups is 1. The molecule has 0 bridgehead atoms. The van der Waals surface area contributed by atoms with Gasteiger partial charge in [0.2, 0.25) is 5.91 Å². The molecule has 0 saturated heterocycles. The minimum Gasteiger partial charge on any atom is -0.355 e. The Morgan fingerprint density at radius 2 is 2.24 bits per heavy atom. The molecule has 0 aromatic carbocycles. The molecular formula is C14H25N5OS. The fourth-order valence-corrected chi connectivity index (χ4v) is 3.13. The molecule has 21 heavy (non-hydrogen) atoms. The molecule has 0 radical (unpaired) electrons. The summed E-state index contributed by atoms with van der Waals surface area (Å²) in [7, 11) is 0. The zero-order valence-electron chi connectivity index (χ0n) is 12.8. The van der Waals surface area contributed by atoms with Gasteiger partial charge in [-0.2, -0.15) is 0 Å². The third kappa shape index (κ3) is 4.44. The molecular weight excluding hydrogens is 286 g/mol. The highest BCUT2D eigenvalue weighted by Gasteiger charge is 2.30. The normalized spacial score (nSPS) is 16.0. The number of nitrogens with one attached hydrogen (secondary N) is 1. The molecule has 0 aliphatic heterocycles. The fourth-order valence-electron chi connectivity index (χ4n) is 2.17. The van der Waals surface area contributed by atoms with Crippen LogP contribution in [0.3, 0.4) is 0 Å². The Hall–Kier alpha value is -1.08. The van der Waals surface area contributed by atoms with Gasteiger partial charge in [-0.05, 0) is 26.2 Å². The van der Waals surface area contributed by atoms with Crippen molar-refractivity contribution in [2.24, 2.45) is 5.73 Å². The maximum absolute atomic E-state index is 12.1. The average Bonchev–Trinajstić information content (AvgIpc) is 3.24. The van der Waals surface area contributed by atoms with Crippen LogP contribution in [0.2, 0.25) is 0 Å². The Bertz CT molecular complexity index is 472. The van der Waals surface area contributed by atoms with Gasteiger partial charge >= 0.3 is 0 Å². The summed E-state index contributed by atoms with van der Waals surface area (Å²) in [5.41, 5.74) is 5.70. The van der Waals surface area contributed by atoms with Crippen LogP contribution in [0, 0.1) is 0 Å². The predicted molar refractivity (Wildman–Crippen MR) is 84.0 cm³/mol. The molecule has 7 heteroatoms. The van der Waals surface area contributed by atoms with Crippen molar-refractivity contribution in [2.75, 3.05) is 6.54 Å². The molecule has 1 aromatic heterocycles. The fraction of sp³-hybridized carbons (Fsp3) is 0.786. The lowest BCUT2D eigenvalue weighted by Gasteiger charge is -2.13. The first kappa shape index (κ1) is 16.3. The van der Waals surface area contributed by atoms with Crippen LogP contribution in [-0.4, -0.2) is 32.5 Å². The van der Waals surface area contributed by atoms with E-state index in [2.05, 4.69) is 27.0 Å². The number of amides is 1. The smallest absolute Gasteiger partial charge is 0.233 e. The minimum absolute atomic E-state index is 0.0655. The first-order valence-corrected chi connectivity index (χ1v) is 8.63. The Balaban J connectivity index is 1.88. The van der Waals surface area contributed by atoms with Gasteiger partial charge in [0.1, 0.15) is 5.82 Å². The maximum atomic E-state index is 12.1. The zero-order chi connectivity index (χ0) is 15.2. The summed E-state index contributed by atoms with van der Waals surface area (Å²) in [6.07, 6.45) is 5.64. The summed E-state index contributed by atoms with van der Waals surface area (Å²) in [6.45, 7) is 5.20. The molecule has 2 rings (SSSR count). The highest BCUT2D eigenvalue weighted by Crippen LogP contribution is 2.39. The van der Waals surface area contributed by atoms with Gasteiger partial charge in [0.05, 0.1) is 11.8 Å². The van der Waals surface area contributed by atoms with Crippen LogP contribution in [0.1, 0.15) is 57.8 Å². The van der Waals surface area contributed by atoms with Gasteiger partial charge in [0, 0.05) is 12.6 Å². The van der Waals surface area contributed by atoms with E-state index in [0.717, 1.165) is 49.6 Å². The molecule has 1 aliphatic carbocycles. The van der Waals surface area contributed by atoms with Crippen molar-refractivity contribution >= 4 is 17.7 Å². The number of aromatic nitrogens is 3. The van der Waals surface area contributed by atoms with E-state index >= 15 is 0 Å². The third-order valence-electron chi connectivity index (χ3n) is 3.56. The Morgan fingerprint density at radius 1 is 1.48 bits per heavy atom. The number of carbonyl (C=O) groups is 1. The third-order valence-corrected chi connectivity index (χ3v) is 4.62. The Morgan fingerprint density at radius 3 is 2.86 bits per heavy atom. The number of carbonyl (C=O) groups excluding carboxylic acids is 1. The monoisotopic (exact) mass is 311 g/mol. The Kier molecular flexibility index (Phi) is 6.05. The summed E-state index contributed by atoms with van der Waals surface area (Å²) in [4.78, 5) is 12.1. The second-order valence-corrected chi connectivity index (χ2v) is 6.77. The standard InChI is InChI=1S/C14H25N5OS/c1-3-4-5-8-16-13(20)10(2)21-14-18-17-12(9-15)19(14)11-6-7-11/h10-11H,3-9,15H2,1-2H3,(H,16,20). The van der Waals surface area contributed by atoms with Crippen LogP contribution >= 0.6 is 11.8 Å². The number of rotatable bonds is 9. The molecule has 1 fully saturated rings. The summed E-state index contributed by atoms with van der Waals surface area (Å²) < 4.78 is 2.10. The van der Waals surface area contributed by atoms with Crippen molar-refractivity contribution in [2.45, 2.75) is 68.9 Å². The summed E-state index contributed by atoms with van der Waals surface area (Å²) in [6, 6.07) is 0.473. The molecule has 3 N–H and O–H groups in total. The van der Waals surface area contributed by atoms with Crippen molar-refractivity contribution in [3.8, 4) is 0 Å². The molecule has 1 amide bonds. The van der Waals surface area contributed by atoms with Crippen molar-refractivity contribution in [1.29, 1.82) is 0 Å². The van der Waals surface area contributed by atoms with Gasteiger partial charge < -0.3 is 15.6 Å². The van der Waals surface area contributed by atoms with Crippen molar-refractivity contribution in [3.63, 3.8) is 0 Å². The number of unbranched alkanes of at least 4 members (excludes halogenated alkanes) is 2. The van der Waals surface area contributed by atoms with Gasteiger partial charge in [0.25, 0.3) is 0 Å². The molecule has 0 spiro atoms. The van der Waals surface area contributed by atoms with E-state index < -0.39 is 0 Å². The van der Waals surface area contributed by atoms with Gasteiger partial charge in [0.15, 0.2) is 5.16 Å². The van der Waals surface area contributed by atoms with Gasteiger partial charge in [-0.1, -0.05) is 31.5 Å². The van der Waals surface area contributed by atoms with E-state index in [1.165, 1.54) is 11.8 Å². The predicted octanol–water partition coefficient (Wildman–Crippen LogP) is 1.86. The van der Waals surface area contributed by atoms with Crippen molar-refractivity contribution in [3.05, 3.63) is 5.82 Å². The second-order valence-electron chi connectivity index (χ2n) is 5.46. The number of nitrogens with zero attached hydrogens (tertiary/aromatic N) is 3. The van der Waals surface area contributed by atoms with Crippen LogP contribution in [0.25, 0.3) is 0 Å². The van der Waals surface area contributed by atoms with Gasteiger partial charge in [-0.15, -0.1) is 10.2 Å². The van der Waals surface area contributed by atoms with E-state index in [0.29, 0.717) is 12.6 Å². The Labute approximate surface area is 130 Å². The molecule has 1 atom stereocenters. The van der Waals surface area contributed by atoms with Crippen LogP contribution < -0.4 is 11.1 Å². The van der Waals surface area contributed by atoms with Crippen LogP contribution in [0.5, 0.6) is 0 Å². The number of nitrogens with two attached hydrogens (primary N) is 1. The van der Waals surface area contributed by atoms with Crippen molar-refractivity contribution in [1.82, 2.24) is 20.1 Å². The highest BCUT2D eigenvalue weighted by atomic mass is 32.2. The summed E-state index contributed by atoms with van der Waals surface area (Å²) >= 11 is 1.47. The lowest BCUT2D eigenvalue weighted by molar-refractivity contribution is -0.120. The van der Waals surface area contributed by atoms with E-state index in [9.17, 15) is 4.79 Å². The quantitative estimate of drug-likeness (QED) is 0.537. The lowest BCUT2D eigenvalue weighted by atomic mass is 10.2. The average molecular weight is 311 g/mol. The van der Waals surface area contributed by atoms with E-state index in [1.807, 2.05) is 6.92 Å². The molecule has 6 nitrogen and oxygen atoms in total. The largest absolute Gasteiger partial charge is 0.355 e. The zero-order valence-corrected chi connectivity index (χ0v) is 13.7. The first-order chi connectivity index (χ1) is 10.2. The highest BCUT2D eigenvalue weighted by molar-refractivity contribution is 8.00. The van der Waals surface area contributed by atoms with Crippen LogP contribution in [-0.2, 0) is 11.3 Å². The first-order valence-electron chi connectivity index (χ1n) is 7.75. The van der Waals surface area contributed by atoms with Crippen LogP contribution in [0.15, 0.2) is 5.16 Å². The number of hydrogen-bond acceptors (Lipinski definition) is 5. The topological polar surface area (TPSA) is 85.8 Å².